The number of anilines is 1. The highest BCUT2D eigenvalue weighted by atomic mass is 32.2. The molecule has 0 spiro atoms. The average molecular weight is 510 g/mol. The summed E-state index contributed by atoms with van der Waals surface area (Å²) in [5, 5.41) is 4.63. The van der Waals surface area contributed by atoms with Crippen molar-refractivity contribution < 1.29 is 28.6 Å². The molecule has 33 heavy (non-hydrogen) atoms. The van der Waals surface area contributed by atoms with E-state index in [0.717, 1.165) is 37.0 Å². The second-order valence-corrected chi connectivity index (χ2v) is 10.0. The Hall–Kier alpha value is -2.54. The number of ether oxygens (including phenoxy) is 3. The summed E-state index contributed by atoms with van der Waals surface area (Å²) in [5.41, 5.74) is 1.62. The van der Waals surface area contributed by atoms with E-state index in [2.05, 4.69) is 15.3 Å². The number of rotatable bonds is 9. The monoisotopic (exact) mass is 509 g/mol. The largest absolute Gasteiger partial charge is 0.465 e. The Bertz CT molecular complexity index is 1200. The minimum atomic E-state index is -0.649. The Balaban J connectivity index is 1.78. The number of aromatic nitrogens is 2. The number of aryl methyl sites for hydroxylation is 2. The van der Waals surface area contributed by atoms with Gasteiger partial charge in [-0.2, -0.15) is 0 Å². The SMILES string of the molecule is COCCOC(=O)c1sc(NC(=O)CSc2ncnc3sc(C)c(C)c23)c(C(=O)OC)c1C. The van der Waals surface area contributed by atoms with Gasteiger partial charge in [0.2, 0.25) is 5.91 Å². The molecule has 1 amide bonds. The molecular formula is C21H23N3O6S3. The second-order valence-electron chi connectivity index (χ2n) is 6.86. The molecule has 9 nitrogen and oxygen atoms in total. The van der Waals surface area contributed by atoms with Crippen LogP contribution >= 0.6 is 34.4 Å². The van der Waals surface area contributed by atoms with Crippen molar-refractivity contribution in [3.8, 4) is 0 Å². The number of thiophene rings is 2. The third-order valence-electron chi connectivity index (χ3n) is 4.77. The van der Waals surface area contributed by atoms with Crippen LogP contribution in [0, 0.1) is 20.8 Å². The normalized spacial score (nSPS) is 10.9. The molecule has 0 radical (unpaired) electrons. The van der Waals surface area contributed by atoms with Crippen molar-refractivity contribution in [3.63, 3.8) is 0 Å². The first-order valence-electron chi connectivity index (χ1n) is 9.79. The number of nitrogens with one attached hydrogen (secondary N) is 1. The predicted molar refractivity (Wildman–Crippen MR) is 129 cm³/mol. The fourth-order valence-electron chi connectivity index (χ4n) is 2.98. The molecule has 3 aromatic rings. The number of hydrogen-bond acceptors (Lipinski definition) is 11. The molecule has 0 saturated heterocycles. The highest BCUT2D eigenvalue weighted by Gasteiger charge is 2.27. The first-order chi connectivity index (χ1) is 15.8. The first kappa shape index (κ1) is 25.1. The van der Waals surface area contributed by atoms with Crippen LogP contribution in [0.3, 0.4) is 0 Å². The van der Waals surface area contributed by atoms with Crippen molar-refractivity contribution >= 4 is 67.5 Å². The molecular weight excluding hydrogens is 486 g/mol. The van der Waals surface area contributed by atoms with Crippen molar-refractivity contribution in [1.82, 2.24) is 9.97 Å². The van der Waals surface area contributed by atoms with E-state index in [1.54, 1.807) is 18.3 Å². The number of esters is 2. The molecule has 0 atom stereocenters. The highest BCUT2D eigenvalue weighted by molar-refractivity contribution is 8.00. The molecule has 0 aliphatic heterocycles. The van der Waals surface area contributed by atoms with Crippen molar-refractivity contribution in [2.45, 2.75) is 25.8 Å². The Morgan fingerprint density at radius 2 is 1.79 bits per heavy atom. The lowest BCUT2D eigenvalue weighted by Gasteiger charge is -2.06. The zero-order valence-electron chi connectivity index (χ0n) is 18.8. The minimum Gasteiger partial charge on any atom is -0.465 e. The van der Waals surface area contributed by atoms with E-state index in [4.69, 9.17) is 14.2 Å². The van der Waals surface area contributed by atoms with Gasteiger partial charge in [-0.15, -0.1) is 22.7 Å². The summed E-state index contributed by atoms with van der Waals surface area (Å²) in [7, 11) is 2.74. The number of nitrogens with zero attached hydrogens (tertiary/aromatic N) is 2. The maximum atomic E-state index is 12.7. The van der Waals surface area contributed by atoms with Crippen LogP contribution in [0.15, 0.2) is 11.4 Å². The summed E-state index contributed by atoms with van der Waals surface area (Å²) in [5.74, 6) is -1.53. The van der Waals surface area contributed by atoms with Gasteiger partial charge in [-0.05, 0) is 31.9 Å². The molecule has 0 unspecified atom stereocenters. The molecule has 1 N–H and O–H groups in total. The third-order valence-corrected chi connectivity index (χ3v) is 8.06. The Labute approximate surface area is 202 Å². The molecule has 0 aliphatic rings. The zero-order chi connectivity index (χ0) is 24.1. The number of carbonyl (C=O) groups is 3. The summed E-state index contributed by atoms with van der Waals surface area (Å²) in [4.78, 5) is 48.4. The van der Waals surface area contributed by atoms with Crippen LogP contribution in [0.2, 0.25) is 0 Å². The van der Waals surface area contributed by atoms with Crippen LogP contribution in [0.1, 0.15) is 36.0 Å². The summed E-state index contributed by atoms with van der Waals surface area (Å²) in [6, 6.07) is 0. The van der Waals surface area contributed by atoms with Crippen LogP contribution in [-0.2, 0) is 19.0 Å². The summed E-state index contributed by atoms with van der Waals surface area (Å²) >= 11 is 3.84. The van der Waals surface area contributed by atoms with Crippen molar-refractivity contribution in [2.24, 2.45) is 0 Å². The molecule has 0 fully saturated rings. The van der Waals surface area contributed by atoms with E-state index in [-0.39, 0.29) is 40.3 Å². The molecule has 176 valence electrons. The van der Waals surface area contributed by atoms with Crippen LogP contribution in [0.4, 0.5) is 5.00 Å². The first-order valence-corrected chi connectivity index (χ1v) is 12.4. The lowest BCUT2D eigenvalue weighted by Crippen LogP contribution is -2.16. The minimum absolute atomic E-state index is 0.0611. The van der Waals surface area contributed by atoms with Gasteiger partial charge in [0.05, 0.1) is 25.0 Å². The third kappa shape index (κ3) is 5.52. The van der Waals surface area contributed by atoms with E-state index in [9.17, 15) is 14.4 Å². The van der Waals surface area contributed by atoms with Crippen molar-refractivity contribution in [3.05, 3.63) is 32.8 Å². The summed E-state index contributed by atoms with van der Waals surface area (Å²) in [6.45, 7) is 5.97. The molecule has 12 heteroatoms. The quantitative estimate of drug-likeness (QED) is 0.198. The van der Waals surface area contributed by atoms with Gasteiger partial charge in [0.1, 0.15) is 32.7 Å². The number of methoxy groups -OCH3 is 2. The fraction of sp³-hybridized carbons (Fsp3) is 0.381. The smallest absolute Gasteiger partial charge is 0.348 e. The Kier molecular flexibility index (Phi) is 8.40. The summed E-state index contributed by atoms with van der Waals surface area (Å²) in [6.07, 6.45) is 1.48. The van der Waals surface area contributed by atoms with E-state index in [1.807, 2.05) is 13.8 Å². The van der Waals surface area contributed by atoms with Gasteiger partial charge >= 0.3 is 11.9 Å². The van der Waals surface area contributed by atoms with E-state index in [1.165, 1.54) is 32.3 Å². The van der Waals surface area contributed by atoms with E-state index in [0.29, 0.717) is 5.56 Å². The maximum absolute atomic E-state index is 12.7. The molecule has 3 heterocycles. The molecule has 0 aliphatic carbocycles. The number of thioether (sulfide) groups is 1. The second kappa shape index (κ2) is 11.1. The van der Waals surface area contributed by atoms with Crippen LogP contribution in [-0.4, -0.2) is 61.0 Å². The van der Waals surface area contributed by atoms with Crippen molar-refractivity contribution in [1.29, 1.82) is 0 Å². The molecule has 3 rings (SSSR count). The predicted octanol–water partition coefficient (Wildman–Crippen LogP) is 4.00. The maximum Gasteiger partial charge on any atom is 0.348 e. The zero-order valence-corrected chi connectivity index (χ0v) is 21.2. The fourth-order valence-corrected chi connectivity index (χ4v) is 6.01. The van der Waals surface area contributed by atoms with Gasteiger partial charge in [-0.1, -0.05) is 11.8 Å². The van der Waals surface area contributed by atoms with Gasteiger partial charge in [0, 0.05) is 17.4 Å². The molecule has 0 aromatic carbocycles. The molecule has 0 bridgehead atoms. The van der Waals surface area contributed by atoms with Gasteiger partial charge in [-0.25, -0.2) is 19.6 Å². The van der Waals surface area contributed by atoms with Crippen LogP contribution in [0.25, 0.3) is 10.2 Å². The van der Waals surface area contributed by atoms with E-state index < -0.39 is 11.9 Å². The van der Waals surface area contributed by atoms with Crippen LogP contribution in [0.5, 0.6) is 0 Å². The lowest BCUT2D eigenvalue weighted by molar-refractivity contribution is -0.113. The van der Waals surface area contributed by atoms with Crippen LogP contribution < -0.4 is 5.32 Å². The average Bonchev–Trinajstić information content (AvgIpc) is 3.27. The standard InChI is InChI=1S/C21H23N3O6S3/c1-10-12(3)32-18-14(10)17(22-9-23-18)31-8-13(25)24-19-15(20(26)29-5)11(2)16(33-19)21(27)30-7-6-28-4/h9H,6-8H2,1-5H3,(H,24,25). The molecule has 0 saturated carbocycles. The number of fused-ring (bicyclic) bond motifs is 1. The van der Waals surface area contributed by atoms with E-state index >= 15 is 0 Å². The number of amides is 1. The van der Waals surface area contributed by atoms with Gasteiger partial charge in [-0.3, -0.25) is 4.79 Å². The Morgan fingerprint density at radius 3 is 2.48 bits per heavy atom. The lowest BCUT2D eigenvalue weighted by atomic mass is 10.1. The number of hydrogen-bond donors (Lipinski definition) is 1. The summed E-state index contributed by atoms with van der Waals surface area (Å²) < 4.78 is 14.9. The van der Waals surface area contributed by atoms with Gasteiger partial charge in [0.15, 0.2) is 0 Å². The van der Waals surface area contributed by atoms with Gasteiger partial charge in [0.25, 0.3) is 0 Å². The van der Waals surface area contributed by atoms with Gasteiger partial charge < -0.3 is 19.5 Å². The van der Waals surface area contributed by atoms with Crippen molar-refractivity contribution in [2.75, 3.05) is 38.5 Å². The highest BCUT2D eigenvalue weighted by Crippen LogP contribution is 2.36. The molecule has 3 aromatic heterocycles. The topological polar surface area (TPSA) is 117 Å². The number of carbonyl (C=O) groups excluding carboxylic acids is 3. The Morgan fingerprint density at radius 1 is 1.03 bits per heavy atom.